The molecule has 0 radical (unpaired) electrons. The van der Waals surface area contributed by atoms with Crippen LogP contribution in [-0.2, 0) is 14.3 Å². The summed E-state index contributed by atoms with van der Waals surface area (Å²) in [7, 11) is 0. The fraction of sp³-hybridized carbons (Fsp3) is 0.897. The summed E-state index contributed by atoms with van der Waals surface area (Å²) in [6.07, 6.45) is 95.5. The Kier molecular flexibility index (Phi) is 71.9. The highest BCUT2D eigenvalue weighted by atomic mass is 16.5. The van der Waals surface area contributed by atoms with Gasteiger partial charge in [0.25, 0.3) is 0 Å². The normalized spacial score (nSPS) is 12.7. The van der Waals surface area contributed by atoms with Gasteiger partial charge in [0.15, 0.2) is 0 Å². The van der Waals surface area contributed by atoms with Crippen LogP contribution in [0.15, 0.2) is 36.5 Å². The number of aliphatic hydroxyl groups excluding tert-OH is 2. The minimum absolute atomic E-state index is 0.0236. The van der Waals surface area contributed by atoms with Crippen molar-refractivity contribution in [3.63, 3.8) is 0 Å². The number of unbranched alkanes of at least 4 members (excludes halogenated alkanes) is 57. The molecule has 0 bridgehead atoms. The number of ether oxygens (including phenoxy) is 1. The summed E-state index contributed by atoms with van der Waals surface area (Å²) in [5.74, 6) is -0.0397. The zero-order valence-electron chi connectivity index (χ0n) is 56.9. The summed E-state index contributed by atoms with van der Waals surface area (Å²) in [4.78, 5) is 24.6. The third-order valence-corrected chi connectivity index (χ3v) is 17.9. The van der Waals surface area contributed by atoms with E-state index in [0.717, 1.165) is 44.9 Å². The van der Waals surface area contributed by atoms with Crippen molar-refractivity contribution in [3.05, 3.63) is 36.5 Å². The van der Waals surface area contributed by atoms with Gasteiger partial charge in [0.05, 0.1) is 25.4 Å². The molecule has 6 heteroatoms. The van der Waals surface area contributed by atoms with E-state index in [0.29, 0.717) is 19.4 Å². The molecule has 0 aliphatic carbocycles. The topological polar surface area (TPSA) is 95.9 Å². The maximum Gasteiger partial charge on any atom is 0.305 e. The quantitative estimate of drug-likeness (QED) is 0.0320. The molecule has 0 spiro atoms. The molecule has 2 atom stereocenters. The van der Waals surface area contributed by atoms with Crippen LogP contribution in [0.2, 0.25) is 0 Å². The molecule has 496 valence electrons. The van der Waals surface area contributed by atoms with E-state index in [9.17, 15) is 19.8 Å². The van der Waals surface area contributed by atoms with Crippen molar-refractivity contribution in [2.75, 3.05) is 13.2 Å². The molecular formula is C78H149NO5. The molecule has 0 aromatic carbocycles. The van der Waals surface area contributed by atoms with Crippen LogP contribution in [0.5, 0.6) is 0 Å². The molecule has 0 aliphatic heterocycles. The number of rotatable bonds is 72. The van der Waals surface area contributed by atoms with Crippen molar-refractivity contribution in [1.29, 1.82) is 0 Å². The van der Waals surface area contributed by atoms with E-state index in [2.05, 4.69) is 43.5 Å². The first-order valence-corrected chi connectivity index (χ1v) is 38.3. The van der Waals surface area contributed by atoms with Crippen LogP contribution < -0.4 is 5.32 Å². The number of allylic oxidation sites excluding steroid dienone is 5. The summed E-state index contributed by atoms with van der Waals surface area (Å²) in [6, 6.07) is -0.625. The maximum absolute atomic E-state index is 12.5. The van der Waals surface area contributed by atoms with Gasteiger partial charge in [-0.1, -0.05) is 384 Å². The molecule has 1 amide bonds. The summed E-state index contributed by atoms with van der Waals surface area (Å²) in [6.45, 7) is 4.94. The van der Waals surface area contributed by atoms with E-state index < -0.39 is 12.1 Å². The summed E-state index contributed by atoms with van der Waals surface area (Å²) >= 11 is 0. The Balaban J connectivity index is 3.34. The SMILES string of the molecule is CCCCCCCCCCCCC/C=C/C(O)C(CO)NC(=O)CCCCCCCCCCCCCCCCCCC/C=C\C/C=C\CCCCCCCCCCCCCCCCCOC(=O)CCCCCCCCCCCCCCCCC. The molecule has 0 aliphatic rings. The Labute approximate surface area is 525 Å². The smallest absolute Gasteiger partial charge is 0.305 e. The largest absolute Gasteiger partial charge is 0.466 e. The fourth-order valence-electron chi connectivity index (χ4n) is 12.1. The lowest BCUT2D eigenvalue weighted by atomic mass is 10.0. The van der Waals surface area contributed by atoms with Crippen LogP contribution in [0.25, 0.3) is 0 Å². The average Bonchev–Trinajstić information content (AvgIpc) is 3.53. The van der Waals surface area contributed by atoms with Gasteiger partial charge in [-0.3, -0.25) is 9.59 Å². The molecule has 0 aromatic rings. The van der Waals surface area contributed by atoms with Crippen molar-refractivity contribution in [2.45, 2.75) is 437 Å². The molecule has 0 saturated heterocycles. The molecule has 0 heterocycles. The van der Waals surface area contributed by atoms with E-state index in [4.69, 9.17) is 4.74 Å². The van der Waals surface area contributed by atoms with Gasteiger partial charge in [-0.2, -0.15) is 0 Å². The van der Waals surface area contributed by atoms with Crippen molar-refractivity contribution in [2.24, 2.45) is 0 Å². The first-order chi connectivity index (χ1) is 41.5. The summed E-state index contributed by atoms with van der Waals surface area (Å²) in [5.41, 5.74) is 0. The third kappa shape index (κ3) is 69.2. The Bertz CT molecular complexity index is 1360. The molecule has 3 N–H and O–H groups in total. The highest BCUT2D eigenvalue weighted by Gasteiger charge is 2.18. The van der Waals surface area contributed by atoms with Gasteiger partial charge in [0.2, 0.25) is 5.91 Å². The molecule has 0 saturated carbocycles. The van der Waals surface area contributed by atoms with Crippen LogP contribution in [0.4, 0.5) is 0 Å². The number of carbonyl (C=O) groups excluding carboxylic acids is 2. The zero-order chi connectivity index (χ0) is 60.6. The predicted molar refractivity (Wildman–Crippen MR) is 370 cm³/mol. The Morgan fingerprint density at radius 1 is 0.333 bits per heavy atom. The first kappa shape index (κ1) is 82.1. The van der Waals surface area contributed by atoms with Crippen molar-refractivity contribution in [1.82, 2.24) is 5.32 Å². The van der Waals surface area contributed by atoms with Crippen LogP contribution in [0, 0.1) is 0 Å². The van der Waals surface area contributed by atoms with Crippen LogP contribution in [0.1, 0.15) is 425 Å². The van der Waals surface area contributed by atoms with Gasteiger partial charge in [-0.05, 0) is 64.2 Å². The minimum Gasteiger partial charge on any atom is -0.466 e. The summed E-state index contributed by atoms with van der Waals surface area (Å²) < 4.78 is 5.50. The zero-order valence-corrected chi connectivity index (χ0v) is 56.9. The second kappa shape index (κ2) is 73.5. The molecule has 6 nitrogen and oxygen atoms in total. The highest BCUT2D eigenvalue weighted by molar-refractivity contribution is 5.76. The van der Waals surface area contributed by atoms with Gasteiger partial charge in [-0.25, -0.2) is 0 Å². The number of carbonyl (C=O) groups is 2. The summed E-state index contributed by atoms with van der Waals surface area (Å²) in [5, 5.41) is 23.1. The van der Waals surface area contributed by atoms with E-state index in [1.807, 2.05) is 6.08 Å². The minimum atomic E-state index is -0.841. The Morgan fingerprint density at radius 2 is 0.595 bits per heavy atom. The number of hydrogen-bond acceptors (Lipinski definition) is 5. The Hall–Kier alpha value is -1.92. The van der Waals surface area contributed by atoms with Crippen molar-refractivity contribution in [3.8, 4) is 0 Å². The molecule has 84 heavy (non-hydrogen) atoms. The van der Waals surface area contributed by atoms with Gasteiger partial charge < -0.3 is 20.3 Å². The van der Waals surface area contributed by atoms with E-state index >= 15 is 0 Å². The standard InChI is InChI=1S/C78H149NO5/c1-3-5-7-9-11-13-15-17-43-48-52-56-60-64-68-72-78(83)84-73-69-65-61-57-53-49-45-42-40-38-36-34-32-30-28-26-24-22-20-18-19-21-23-25-27-29-31-33-35-37-39-41-44-47-51-55-59-63-67-71-77(82)79-75(74-80)76(81)70-66-62-58-54-50-46-16-14-12-10-8-6-4-2/h18-19,22,24,66,70,75-76,80-81H,3-17,20-21,23,25-65,67-69,71-74H2,1-2H3,(H,79,82)/b19-18-,24-22-,70-66+. The highest BCUT2D eigenvalue weighted by Crippen LogP contribution is 2.19. The average molecular weight is 1180 g/mol. The lowest BCUT2D eigenvalue weighted by Gasteiger charge is -2.20. The molecule has 0 rings (SSSR count). The van der Waals surface area contributed by atoms with Crippen LogP contribution >= 0.6 is 0 Å². The Morgan fingerprint density at radius 3 is 0.905 bits per heavy atom. The third-order valence-electron chi connectivity index (χ3n) is 17.9. The van der Waals surface area contributed by atoms with Crippen molar-refractivity contribution < 1.29 is 24.5 Å². The fourth-order valence-corrected chi connectivity index (χ4v) is 12.1. The van der Waals surface area contributed by atoms with Crippen LogP contribution in [-0.4, -0.2) is 47.4 Å². The number of nitrogens with one attached hydrogen (secondary N) is 1. The second-order valence-electron chi connectivity index (χ2n) is 26.3. The van der Waals surface area contributed by atoms with E-state index in [1.165, 1.54) is 353 Å². The molecular weight excluding hydrogens is 1030 g/mol. The van der Waals surface area contributed by atoms with Crippen LogP contribution in [0.3, 0.4) is 0 Å². The van der Waals surface area contributed by atoms with E-state index in [1.54, 1.807) is 6.08 Å². The number of esters is 1. The van der Waals surface area contributed by atoms with Gasteiger partial charge in [0, 0.05) is 12.8 Å². The lowest BCUT2D eigenvalue weighted by Crippen LogP contribution is -2.45. The predicted octanol–water partition coefficient (Wildman–Crippen LogP) is 25.0. The number of hydrogen-bond donors (Lipinski definition) is 3. The number of aliphatic hydroxyl groups is 2. The first-order valence-electron chi connectivity index (χ1n) is 38.3. The monoisotopic (exact) mass is 1180 g/mol. The maximum atomic E-state index is 12.5. The molecule has 2 unspecified atom stereocenters. The van der Waals surface area contributed by atoms with Gasteiger partial charge >= 0.3 is 5.97 Å². The second-order valence-corrected chi connectivity index (χ2v) is 26.3. The van der Waals surface area contributed by atoms with Gasteiger partial charge in [-0.15, -0.1) is 0 Å². The lowest BCUT2D eigenvalue weighted by molar-refractivity contribution is -0.143. The molecule has 0 fully saturated rings. The van der Waals surface area contributed by atoms with E-state index in [-0.39, 0.29) is 18.5 Å². The molecule has 0 aromatic heterocycles. The van der Waals surface area contributed by atoms with Gasteiger partial charge in [0.1, 0.15) is 0 Å². The number of amides is 1. The van der Waals surface area contributed by atoms with Crippen molar-refractivity contribution >= 4 is 11.9 Å².